The number of hydrogen-bond acceptors (Lipinski definition) is 2. The second-order valence-corrected chi connectivity index (χ2v) is 4.52. The van der Waals surface area contributed by atoms with E-state index in [4.69, 9.17) is 0 Å². The van der Waals surface area contributed by atoms with Gasteiger partial charge in [0.1, 0.15) is 5.78 Å². The molecule has 2 nitrogen and oxygen atoms in total. The van der Waals surface area contributed by atoms with Crippen LogP contribution in [-0.2, 0) is 4.79 Å². The fourth-order valence-electron chi connectivity index (χ4n) is 2.66. The summed E-state index contributed by atoms with van der Waals surface area (Å²) in [5, 5.41) is 0. The Bertz CT molecular complexity index is 200. The zero-order chi connectivity index (χ0) is 10.7. The Morgan fingerprint density at radius 3 is 2.43 bits per heavy atom. The van der Waals surface area contributed by atoms with E-state index in [1.54, 1.807) is 0 Å². The van der Waals surface area contributed by atoms with Gasteiger partial charge in [0, 0.05) is 18.5 Å². The van der Waals surface area contributed by atoms with E-state index in [0.29, 0.717) is 24.3 Å². The molecule has 0 aromatic carbocycles. The zero-order valence-electron chi connectivity index (χ0n) is 9.92. The van der Waals surface area contributed by atoms with Gasteiger partial charge in [0.2, 0.25) is 0 Å². The predicted molar refractivity (Wildman–Crippen MR) is 59.4 cm³/mol. The van der Waals surface area contributed by atoms with E-state index in [-0.39, 0.29) is 6.04 Å². The maximum Gasteiger partial charge on any atom is 0.149 e. The van der Waals surface area contributed by atoms with E-state index in [2.05, 4.69) is 25.7 Å². The Hall–Kier alpha value is -0.370. The van der Waals surface area contributed by atoms with E-state index >= 15 is 0 Å². The van der Waals surface area contributed by atoms with Crippen LogP contribution in [0.15, 0.2) is 0 Å². The van der Waals surface area contributed by atoms with E-state index in [1.165, 1.54) is 12.8 Å². The molecular weight excluding hydrogens is 174 g/mol. The van der Waals surface area contributed by atoms with Gasteiger partial charge in [0.15, 0.2) is 0 Å². The molecule has 0 bridgehead atoms. The van der Waals surface area contributed by atoms with Crippen molar-refractivity contribution in [3.8, 4) is 0 Å². The Labute approximate surface area is 87.7 Å². The topological polar surface area (TPSA) is 20.3 Å². The summed E-state index contributed by atoms with van der Waals surface area (Å²) in [4.78, 5) is 14.2. The summed E-state index contributed by atoms with van der Waals surface area (Å²) in [6.45, 7) is 8.59. The number of hydrogen-bond donors (Lipinski definition) is 0. The number of likely N-dealkylation sites (tertiary alicyclic amines) is 1. The third-order valence-electron chi connectivity index (χ3n) is 3.34. The first-order chi connectivity index (χ1) is 6.61. The molecule has 1 aliphatic heterocycles. The highest BCUT2D eigenvalue weighted by Crippen LogP contribution is 2.29. The van der Waals surface area contributed by atoms with Crippen molar-refractivity contribution in [2.75, 3.05) is 0 Å². The number of ketones is 1. The van der Waals surface area contributed by atoms with Gasteiger partial charge >= 0.3 is 0 Å². The second kappa shape index (κ2) is 4.92. The Balaban J connectivity index is 2.72. The molecule has 2 heteroatoms. The minimum atomic E-state index is 0.213. The van der Waals surface area contributed by atoms with Crippen LogP contribution < -0.4 is 0 Å². The molecular formula is C12H23NO. The smallest absolute Gasteiger partial charge is 0.149 e. The van der Waals surface area contributed by atoms with Gasteiger partial charge < -0.3 is 0 Å². The monoisotopic (exact) mass is 197 g/mol. The minimum Gasteiger partial charge on any atom is -0.298 e. The fourth-order valence-corrected chi connectivity index (χ4v) is 2.66. The van der Waals surface area contributed by atoms with Gasteiger partial charge in [0.05, 0.1) is 6.04 Å². The van der Waals surface area contributed by atoms with E-state index in [0.717, 1.165) is 6.42 Å². The van der Waals surface area contributed by atoms with E-state index < -0.39 is 0 Å². The third kappa shape index (κ3) is 2.17. The Morgan fingerprint density at radius 1 is 1.36 bits per heavy atom. The Morgan fingerprint density at radius 2 is 2.00 bits per heavy atom. The summed E-state index contributed by atoms with van der Waals surface area (Å²) >= 11 is 0. The molecule has 0 N–H and O–H groups in total. The zero-order valence-corrected chi connectivity index (χ0v) is 9.92. The molecule has 14 heavy (non-hydrogen) atoms. The maximum absolute atomic E-state index is 11.7. The van der Waals surface area contributed by atoms with E-state index in [9.17, 15) is 4.79 Å². The van der Waals surface area contributed by atoms with Crippen LogP contribution in [0.5, 0.6) is 0 Å². The van der Waals surface area contributed by atoms with Crippen molar-refractivity contribution in [1.29, 1.82) is 0 Å². The van der Waals surface area contributed by atoms with Crippen LogP contribution in [0, 0.1) is 0 Å². The maximum atomic E-state index is 11.7. The molecule has 0 amide bonds. The molecule has 1 saturated heterocycles. The van der Waals surface area contributed by atoms with Gasteiger partial charge in [-0.05, 0) is 33.1 Å². The van der Waals surface area contributed by atoms with Crippen LogP contribution in [0.3, 0.4) is 0 Å². The summed E-state index contributed by atoms with van der Waals surface area (Å²) in [7, 11) is 0. The minimum absolute atomic E-state index is 0.213. The first-order valence-electron chi connectivity index (χ1n) is 5.91. The van der Waals surface area contributed by atoms with Crippen molar-refractivity contribution in [3.63, 3.8) is 0 Å². The quantitative estimate of drug-likeness (QED) is 0.690. The van der Waals surface area contributed by atoms with Gasteiger partial charge in [-0.1, -0.05) is 13.8 Å². The third-order valence-corrected chi connectivity index (χ3v) is 3.34. The summed E-state index contributed by atoms with van der Waals surface area (Å²) < 4.78 is 0. The van der Waals surface area contributed by atoms with Crippen LogP contribution in [0.25, 0.3) is 0 Å². The highest BCUT2D eigenvalue weighted by atomic mass is 16.1. The van der Waals surface area contributed by atoms with Crippen molar-refractivity contribution in [1.82, 2.24) is 4.90 Å². The molecule has 1 heterocycles. The van der Waals surface area contributed by atoms with Crippen LogP contribution in [0.4, 0.5) is 0 Å². The summed E-state index contributed by atoms with van der Waals surface area (Å²) in [5.74, 6) is 0.426. The molecule has 1 fully saturated rings. The molecule has 0 aromatic rings. The highest BCUT2D eigenvalue weighted by molar-refractivity contribution is 5.84. The van der Waals surface area contributed by atoms with Crippen molar-refractivity contribution < 1.29 is 4.79 Å². The van der Waals surface area contributed by atoms with Crippen LogP contribution in [0.2, 0.25) is 0 Å². The van der Waals surface area contributed by atoms with Crippen LogP contribution >= 0.6 is 0 Å². The SMILES string of the molecule is CCC(=O)[C@@H]1CC[C@H](CC)N1C(C)C. The Kier molecular flexibility index (Phi) is 4.11. The lowest BCUT2D eigenvalue weighted by molar-refractivity contribution is -0.124. The van der Waals surface area contributed by atoms with Gasteiger partial charge in [-0.15, -0.1) is 0 Å². The first-order valence-corrected chi connectivity index (χ1v) is 5.91. The average molecular weight is 197 g/mol. The van der Waals surface area contributed by atoms with Crippen molar-refractivity contribution >= 4 is 5.78 Å². The van der Waals surface area contributed by atoms with Gasteiger partial charge in [-0.25, -0.2) is 0 Å². The van der Waals surface area contributed by atoms with Crippen LogP contribution in [0.1, 0.15) is 53.4 Å². The molecule has 0 radical (unpaired) electrons. The van der Waals surface area contributed by atoms with Crippen molar-refractivity contribution in [3.05, 3.63) is 0 Å². The molecule has 0 saturated carbocycles. The lowest BCUT2D eigenvalue weighted by Crippen LogP contribution is -2.44. The van der Waals surface area contributed by atoms with Crippen molar-refractivity contribution in [2.24, 2.45) is 0 Å². The lowest BCUT2D eigenvalue weighted by Gasteiger charge is -2.32. The largest absolute Gasteiger partial charge is 0.298 e. The van der Waals surface area contributed by atoms with Crippen LogP contribution in [-0.4, -0.2) is 28.8 Å². The first kappa shape index (κ1) is 11.7. The number of rotatable bonds is 4. The number of Topliss-reactive ketones (excluding diaryl/α,β-unsaturated/α-hetero) is 1. The van der Waals surface area contributed by atoms with Gasteiger partial charge in [-0.2, -0.15) is 0 Å². The molecule has 1 rings (SSSR count). The van der Waals surface area contributed by atoms with Crippen molar-refractivity contribution in [2.45, 2.75) is 71.5 Å². The standard InChI is InChI=1S/C12H23NO/c1-5-10-7-8-11(12(14)6-2)13(10)9(3)4/h9-11H,5-8H2,1-4H3/t10-,11-/m0/s1. The summed E-state index contributed by atoms with van der Waals surface area (Å²) in [5.41, 5.74) is 0. The normalized spacial score (nSPS) is 28.6. The number of carbonyl (C=O) groups excluding carboxylic acids is 1. The molecule has 0 spiro atoms. The molecule has 1 aliphatic rings. The molecule has 0 unspecified atom stereocenters. The van der Waals surface area contributed by atoms with Gasteiger partial charge in [0.25, 0.3) is 0 Å². The fraction of sp³-hybridized carbons (Fsp3) is 0.917. The molecule has 2 atom stereocenters. The lowest BCUT2D eigenvalue weighted by atomic mass is 10.1. The molecule has 82 valence electrons. The predicted octanol–water partition coefficient (Wildman–Crippen LogP) is 2.62. The average Bonchev–Trinajstić information content (AvgIpc) is 2.59. The molecule has 0 aliphatic carbocycles. The summed E-state index contributed by atoms with van der Waals surface area (Å²) in [6, 6.07) is 1.35. The second-order valence-electron chi connectivity index (χ2n) is 4.52. The summed E-state index contributed by atoms with van der Waals surface area (Å²) in [6.07, 6.45) is 4.13. The highest BCUT2D eigenvalue weighted by Gasteiger charge is 2.36. The number of nitrogens with zero attached hydrogens (tertiary/aromatic N) is 1. The molecule has 0 aromatic heterocycles. The van der Waals surface area contributed by atoms with Gasteiger partial charge in [-0.3, -0.25) is 9.69 Å². The van der Waals surface area contributed by atoms with E-state index in [1.807, 2.05) is 6.92 Å². The number of carbonyl (C=O) groups is 1.